The average molecular weight is 186 g/mol. The molecule has 2 atom stereocenters. The highest BCUT2D eigenvalue weighted by Crippen LogP contribution is 2.09. The summed E-state index contributed by atoms with van der Waals surface area (Å²) in [6, 6.07) is 0. The van der Waals surface area contributed by atoms with Crippen molar-refractivity contribution in [1.29, 1.82) is 0 Å². The molecular formula is C10H18O3. The van der Waals surface area contributed by atoms with Gasteiger partial charge >= 0.3 is 0 Å². The van der Waals surface area contributed by atoms with E-state index in [-0.39, 0.29) is 24.4 Å². The first-order valence-corrected chi connectivity index (χ1v) is 4.96. The smallest absolute Gasteiger partial charge is 0.161 e. The van der Waals surface area contributed by atoms with E-state index >= 15 is 0 Å². The molecule has 0 bridgehead atoms. The topological polar surface area (TPSA) is 35.5 Å². The minimum Gasteiger partial charge on any atom is -0.379 e. The molecular weight excluding hydrogens is 168 g/mol. The Morgan fingerprint density at radius 2 is 2.46 bits per heavy atom. The van der Waals surface area contributed by atoms with Crippen molar-refractivity contribution in [1.82, 2.24) is 0 Å². The van der Waals surface area contributed by atoms with Crippen molar-refractivity contribution >= 4 is 5.78 Å². The molecule has 0 aliphatic carbocycles. The predicted molar refractivity (Wildman–Crippen MR) is 49.6 cm³/mol. The lowest BCUT2D eigenvalue weighted by Gasteiger charge is -2.11. The van der Waals surface area contributed by atoms with Crippen LogP contribution in [0.4, 0.5) is 0 Å². The molecule has 1 saturated heterocycles. The third-order valence-corrected chi connectivity index (χ3v) is 2.51. The zero-order chi connectivity index (χ0) is 9.68. The number of ketones is 1. The second-order valence-corrected chi connectivity index (χ2v) is 3.57. The van der Waals surface area contributed by atoms with Crippen molar-refractivity contribution in [3.63, 3.8) is 0 Å². The van der Waals surface area contributed by atoms with E-state index in [1.165, 1.54) is 0 Å². The van der Waals surface area contributed by atoms with Crippen molar-refractivity contribution in [2.75, 3.05) is 19.8 Å². The third kappa shape index (κ3) is 3.44. The van der Waals surface area contributed by atoms with Crippen LogP contribution in [-0.2, 0) is 14.3 Å². The Morgan fingerprint density at radius 1 is 1.69 bits per heavy atom. The van der Waals surface area contributed by atoms with E-state index in [0.717, 1.165) is 19.4 Å². The summed E-state index contributed by atoms with van der Waals surface area (Å²) in [5, 5.41) is 0. The van der Waals surface area contributed by atoms with E-state index < -0.39 is 0 Å². The maximum atomic E-state index is 11.4. The van der Waals surface area contributed by atoms with Gasteiger partial charge in [-0.25, -0.2) is 0 Å². The summed E-state index contributed by atoms with van der Waals surface area (Å²) < 4.78 is 10.6. The number of hydrogen-bond donors (Lipinski definition) is 0. The van der Waals surface area contributed by atoms with E-state index in [0.29, 0.717) is 6.61 Å². The quantitative estimate of drug-likeness (QED) is 0.651. The minimum absolute atomic E-state index is 0.127. The molecule has 0 N–H and O–H groups in total. The lowest BCUT2D eigenvalue weighted by molar-refractivity contribution is -0.129. The van der Waals surface area contributed by atoms with Crippen LogP contribution in [-0.4, -0.2) is 31.7 Å². The van der Waals surface area contributed by atoms with Crippen LogP contribution in [0.5, 0.6) is 0 Å². The van der Waals surface area contributed by atoms with Gasteiger partial charge in [0.1, 0.15) is 6.61 Å². The molecule has 1 aliphatic heterocycles. The van der Waals surface area contributed by atoms with Gasteiger partial charge in [0, 0.05) is 12.5 Å². The van der Waals surface area contributed by atoms with Gasteiger partial charge in [-0.15, -0.1) is 0 Å². The Hall–Kier alpha value is -0.410. The Kier molecular flexibility index (Phi) is 4.39. The largest absolute Gasteiger partial charge is 0.379 e. The zero-order valence-corrected chi connectivity index (χ0v) is 8.41. The monoisotopic (exact) mass is 186 g/mol. The van der Waals surface area contributed by atoms with Crippen molar-refractivity contribution in [2.45, 2.75) is 32.8 Å². The molecule has 3 nitrogen and oxygen atoms in total. The van der Waals surface area contributed by atoms with Gasteiger partial charge in [-0.3, -0.25) is 4.79 Å². The molecule has 0 saturated carbocycles. The highest BCUT2D eigenvalue weighted by molar-refractivity contribution is 5.81. The standard InChI is InChI=1S/C10H18O3/c1-3-8(2)10(11)7-13-9-4-5-12-6-9/h8-9H,3-7H2,1-2H3. The van der Waals surface area contributed by atoms with Gasteiger partial charge in [-0.1, -0.05) is 13.8 Å². The SMILES string of the molecule is CCC(C)C(=O)COC1CCOC1. The molecule has 1 heterocycles. The van der Waals surface area contributed by atoms with Crippen LogP contribution in [0.25, 0.3) is 0 Å². The van der Waals surface area contributed by atoms with E-state index in [2.05, 4.69) is 0 Å². The number of rotatable bonds is 5. The molecule has 3 heteroatoms. The molecule has 1 rings (SSSR count). The molecule has 1 fully saturated rings. The van der Waals surface area contributed by atoms with Gasteiger partial charge in [0.15, 0.2) is 5.78 Å². The van der Waals surface area contributed by atoms with Crippen molar-refractivity contribution < 1.29 is 14.3 Å². The van der Waals surface area contributed by atoms with Gasteiger partial charge < -0.3 is 9.47 Å². The molecule has 0 radical (unpaired) electrons. The first kappa shape index (κ1) is 10.7. The Labute approximate surface area is 79.4 Å². The van der Waals surface area contributed by atoms with Crippen molar-refractivity contribution in [3.05, 3.63) is 0 Å². The van der Waals surface area contributed by atoms with Crippen LogP contribution in [0.2, 0.25) is 0 Å². The number of carbonyl (C=O) groups excluding carboxylic acids is 1. The van der Waals surface area contributed by atoms with E-state index in [9.17, 15) is 4.79 Å². The first-order chi connectivity index (χ1) is 6.24. The second kappa shape index (κ2) is 5.35. The summed E-state index contributed by atoms with van der Waals surface area (Å²) in [5.41, 5.74) is 0. The fraction of sp³-hybridized carbons (Fsp3) is 0.900. The van der Waals surface area contributed by atoms with Gasteiger partial charge in [0.25, 0.3) is 0 Å². The molecule has 13 heavy (non-hydrogen) atoms. The summed E-state index contributed by atoms with van der Waals surface area (Å²) in [7, 11) is 0. The molecule has 1 aliphatic rings. The molecule has 0 aromatic heterocycles. The fourth-order valence-electron chi connectivity index (χ4n) is 1.21. The Balaban J connectivity index is 2.13. The number of ether oxygens (including phenoxy) is 2. The van der Waals surface area contributed by atoms with Crippen molar-refractivity contribution in [2.24, 2.45) is 5.92 Å². The predicted octanol–water partition coefficient (Wildman–Crippen LogP) is 1.41. The number of hydrogen-bond acceptors (Lipinski definition) is 3. The molecule has 0 aromatic carbocycles. The summed E-state index contributed by atoms with van der Waals surface area (Å²) in [6.07, 6.45) is 1.96. The normalized spacial score (nSPS) is 24.6. The van der Waals surface area contributed by atoms with Crippen LogP contribution < -0.4 is 0 Å². The first-order valence-electron chi connectivity index (χ1n) is 4.96. The zero-order valence-electron chi connectivity index (χ0n) is 8.41. The van der Waals surface area contributed by atoms with Crippen LogP contribution in [0, 0.1) is 5.92 Å². The minimum atomic E-state index is 0.127. The molecule has 76 valence electrons. The Morgan fingerprint density at radius 3 is 3.00 bits per heavy atom. The van der Waals surface area contributed by atoms with Gasteiger partial charge in [0.2, 0.25) is 0 Å². The number of Topliss-reactive ketones (excluding diaryl/α,β-unsaturated/α-hetero) is 1. The molecule has 2 unspecified atom stereocenters. The summed E-state index contributed by atoms with van der Waals surface area (Å²) in [4.78, 5) is 11.4. The second-order valence-electron chi connectivity index (χ2n) is 3.57. The fourth-order valence-corrected chi connectivity index (χ4v) is 1.21. The van der Waals surface area contributed by atoms with E-state index in [4.69, 9.17) is 9.47 Å². The van der Waals surface area contributed by atoms with E-state index in [1.807, 2.05) is 13.8 Å². The molecule has 0 aromatic rings. The highest BCUT2D eigenvalue weighted by atomic mass is 16.5. The average Bonchev–Trinajstić information content (AvgIpc) is 2.65. The lowest BCUT2D eigenvalue weighted by Crippen LogP contribution is -2.22. The van der Waals surface area contributed by atoms with Crippen LogP contribution in [0.3, 0.4) is 0 Å². The van der Waals surface area contributed by atoms with Crippen LogP contribution in [0.1, 0.15) is 26.7 Å². The summed E-state index contributed by atoms with van der Waals surface area (Å²) in [5.74, 6) is 0.330. The number of carbonyl (C=O) groups is 1. The van der Waals surface area contributed by atoms with Crippen molar-refractivity contribution in [3.8, 4) is 0 Å². The molecule has 0 amide bonds. The molecule has 0 spiro atoms. The van der Waals surface area contributed by atoms with Crippen LogP contribution >= 0.6 is 0 Å². The van der Waals surface area contributed by atoms with E-state index in [1.54, 1.807) is 0 Å². The maximum absolute atomic E-state index is 11.4. The lowest BCUT2D eigenvalue weighted by atomic mass is 10.0. The van der Waals surface area contributed by atoms with Gasteiger partial charge in [-0.2, -0.15) is 0 Å². The van der Waals surface area contributed by atoms with Gasteiger partial charge in [-0.05, 0) is 12.8 Å². The highest BCUT2D eigenvalue weighted by Gasteiger charge is 2.18. The summed E-state index contributed by atoms with van der Waals surface area (Å²) >= 11 is 0. The Bertz CT molecular complexity index is 162. The van der Waals surface area contributed by atoms with Crippen LogP contribution in [0.15, 0.2) is 0 Å². The summed E-state index contributed by atoms with van der Waals surface area (Å²) in [6.45, 7) is 5.62. The maximum Gasteiger partial charge on any atom is 0.161 e. The third-order valence-electron chi connectivity index (χ3n) is 2.51. The van der Waals surface area contributed by atoms with Gasteiger partial charge in [0.05, 0.1) is 12.7 Å².